The molecule has 0 saturated carbocycles. The van der Waals surface area contributed by atoms with Gasteiger partial charge in [-0.05, 0) is 11.6 Å². The van der Waals surface area contributed by atoms with Crippen LogP contribution in [0.5, 0.6) is 0 Å². The van der Waals surface area contributed by atoms with Crippen LogP contribution >= 0.6 is 11.6 Å². The molecule has 53 valence electrons. The van der Waals surface area contributed by atoms with Gasteiger partial charge in [0.25, 0.3) is 0 Å². The Kier molecular flexibility index (Phi) is 2.35. The zero-order valence-corrected chi connectivity index (χ0v) is 5.63. The van der Waals surface area contributed by atoms with Gasteiger partial charge in [0.1, 0.15) is 6.73 Å². The largest absolute Gasteiger partial charge is 0.376 e. The third kappa shape index (κ3) is 1.78. The number of aliphatic hydroxyl groups is 1. The van der Waals surface area contributed by atoms with Crippen molar-refractivity contribution in [3.63, 3.8) is 0 Å². The first-order valence-electron chi connectivity index (χ1n) is 2.45. The minimum atomic E-state index is -0.242. The van der Waals surface area contributed by atoms with E-state index in [2.05, 4.69) is 26.6 Å². The molecule has 0 aliphatic carbocycles. The zero-order valence-electron chi connectivity index (χ0n) is 4.87. The van der Waals surface area contributed by atoms with Crippen molar-refractivity contribution < 1.29 is 5.11 Å². The summed E-state index contributed by atoms with van der Waals surface area (Å²) in [6, 6.07) is 0. The van der Waals surface area contributed by atoms with Gasteiger partial charge in [-0.1, -0.05) is 0 Å². The standard InChI is InChI=1S/C4H4ClN4O/c5-3-6-1-7-4(9-3)8-2-10/h10H,2H2,(H,6,7,8,9). The average Bonchev–Trinajstić information content (AvgIpc) is 1.88. The number of aliphatic hydroxyl groups excluding tert-OH is 1. The summed E-state index contributed by atoms with van der Waals surface area (Å²) in [5, 5.41) is 10.8. The van der Waals surface area contributed by atoms with E-state index in [9.17, 15) is 0 Å². The number of nitrogens with one attached hydrogen (secondary N) is 1. The summed E-state index contributed by atoms with van der Waals surface area (Å²) in [4.78, 5) is 10.5. The number of rotatable bonds is 2. The van der Waals surface area contributed by atoms with Crippen molar-refractivity contribution in [3.05, 3.63) is 11.6 Å². The van der Waals surface area contributed by atoms with Crippen molar-refractivity contribution in [1.29, 1.82) is 0 Å². The van der Waals surface area contributed by atoms with E-state index in [1.165, 1.54) is 0 Å². The van der Waals surface area contributed by atoms with Gasteiger partial charge in [0.2, 0.25) is 17.6 Å². The van der Waals surface area contributed by atoms with Crippen LogP contribution in [0.4, 0.5) is 5.95 Å². The Bertz CT molecular complexity index is 218. The molecule has 1 radical (unpaired) electrons. The molecule has 1 rings (SSSR count). The van der Waals surface area contributed by atoms with E-state index in [0.29, 0.717) is 0 Å². The lowest BCUT2D eigenvalue weighted by molar-refractivity contribution is 0.324. The summed E-state index contributed by atoms with van der Waals surface area (Å²) in [6.45, 7) is -0.242. The highest BCUT2D eigenvalue weighted by molar-refractivity contribution is 6.28. The Labute approximate surface area is 62.1 Å². The average molecular weight is 160 g/mol. The first kappa shape index (κ1) is 7.17. The van der Waals surface area contributed by atoms with Gasteiger partial charge < -0.3 is 10.4 Å². The monoisotopic (exact) mass is 159 g/mol. The van der Waals surface area contributed by atoms with Gasteiger partial charge >= 0.3 is 0 Å². The fraction of sp³-hybridized carbons (Fsp3) is 0.250. The van der Waals surface area contributed by atoms with E-state index in [1.54, 1.807) is 0 Å². The maximum Gasteiger partial charge on any atom is 0.229 e. The van der Waals surface area contributed by atoms with Gasteiger partial charge in [0, 0.05) is 0 Å². The zero-order chi connectivity index (χ0) is 7.40. The van der Waals surface area contributed by atoms with Crippen molar-refractivity contribution in [2.75, 3.05) is 12.0 Å². The third-order valence-corrected chi connectivity index (χ3v) is 0.903. The van der Waals surface area contributed by atoms with Crippen LogP contribution in [0, 0.1) is 6.33 Å². The fourth-order valence-electron chi connectivity index (χ4n) is 0.401. The lowest BCUT2D eigenvalue weighted by Crippen LogP contribution is -2.04. The SMILES string of the molecule is OCNc1n[c]nc(Cl)n1. The van der Waals surface area contributed by atoms with Crippen molar-refractivity contribution in [3.8, 4) is 0 Å². The molecule has 0 amide bonds. The van der Waals surface area contributed by atoms with Gasteiger partial charge in [-0.2, -0.15) is 15.0 Å². The minimum Gasteiger partial charge on any atom is -0.376 e. The van der Waals surface area contributed by atoms with Crippen molar-refractivity contribution in [1.82, 2.24) is 15.0 Å². The van der Waals surface area contributed by atoms with E-state index in [-0.39, 0.29) is 18.0 Å². The number of hydrogen-bond acceptors (Lipinski definition) is 5. The third-order valence-electron chi connectivity index (χ3n) is 0.733. The van der Waals surface area contributed by atoms with Gasteiger partial charge in [0.05, 0.1) is 0 Å². The van der Waals surface area contributed by atoms with Crippen LogP contribution in [0.15, 0.2) is 0 Å². The maximum atomic E-state index is 8.34. The molecular weight excluding hydrogens is 156 g/mol. The van der Waals surface area contributed by atoms with Crippen LogP contribution in [0.25, 0.3) is 0 Å². The van der Waals surface area contributed by atoms with E-state index in [0.717, 1.165) is 0 Å². The Hall–Kier alpha value is -0.940. The molecule has 0 spiro atoms. The predicted octanol–water partition coefficient (Wildman–Crippen LogP) is -0.313. The second kappa shape index (κ2) is 3.28. The quantitative estimate of drug-likeness (QED) is 0.579. The molecule has 0 unspecified atom stereocenters. The Morgan fingerprint density at radius 1 is 1.60 bits per heavy atom. The molecule has 0 fully saturated rings. The summed E-state index contributed by atoms with van der Waals surface area (Å²) >= 11 is 5.37. The van der Waals surface area contributed by atoms with Gasteiger partial charge in [-0.25, -0.2) is 0 Å². The lowest BCUT2D eigenvalue weighted by atomic mass is 10.9. The molecular formula is C4H4ClN4O. The minimum absolute atomic E-state index is 0.0472. The second-order valence-electron chi connectivity index (χ2n) is 1.36. The second-order valence-corrected chi connectivity index (χ2v) is 1.70. The number of hydrogen-bond donors (Lipinski definition) is 2. The van der Waals surface area contributed by atoms with Crippen molar-refractivity contribution in [2.24, 2.45) is 0 Å². The van der Waals surface area contributed by atoms with Crippen LogP contribution in [-0.2, 0) is 0 Å². The van der Waals surface area contributed by atoms with Crippen LogP contribution in [0.2, 0.25) is 5.28 Å². The van der Waals surface area contributed by atoms with E-state index >= 15 is 0 Å². The van der Waals surface area contributed by atoms with Crippen LogP contribution in [0.1, 0.15) is 0 Å². The smallest absolute Gasteiger partial charge is 0.229 e. The van der Waals surface area contributed by atoms with E-state index in [4.69, 9.17) is 16.7 Å². The van der Waals surface area contributed by atoms with Crippen LogP contribution in [-0.4, -0.2) is 26.8 Å². The first-order valence-corrected chi connectivity index (χ1v) is 2.83. The molecule has 0 aliphatic heterocycles. The predicted molar refractivity (Wildman–Crippen MR) is 34.4 cm³/mol. The highest BCUT2D eigenvalue weighted by atomic mass is 35.5. The molecule has 1 aromatic heterocycles. The normalized spacial score (nSPS) is 9.40. The summed E-state index contributed by atoms with van der Waals surface area (Å²) in [7, 11) is 0. The van der Waals surface area contributed by atoms with Gasteiger partial charge in [0.15, 0.2) is 0 Å². The van der Waals surface area contributed by atoms with Crippen molar-refractivity contribution >= 4 is 17.5 Å². The Morgan fingerprint density at radius 3 is 3.00 bits per heavy atom. The Balaban J connectivity index is 2.75. The lowest BCUT2D eigenvalue weighted by Gasteiger charge is -1.96. The number of nitrogens with zero attached hydrogens (tertiary/aromatic N) is 3. The highest BCUT2D eigenvalue weighted by Gasteiger charge is 1.94. The Morgan fingerprint density at radius 2 is 2.40 bits per heavy atom. The van der Waals surface area contributed by atoms with Gasteiger partial charge in [-0.15, -0.1) is 0 Å². The van der Waals surface area contributed by atoms with Crippen LogP contribution in [0.3, 0.4) is 0 Å². The molecule has 0 aliphatic rings. The molecule has 1 heterocycles. The molecule has 0 aromatic carbocycles. The van der Waals surface area contributed by atoms with Crippen LogP contribution < -0.4 is 5.32 Å². The summed E-state index contributed by atoms with van der Waals surface area (Å²) < 4.78 is 0. The molecule has 5 nitrogen and oxygen atoms in total. The van der Waals surface area contributed by atoms with Crippen molar-refractivity contribution in [2.45, 2.75) is 0 Å². The molecule has 0 saturated heterocycles. The van der Waals surface area contributed by atoms with E-state index in [1.807, 2.05) is 0 Å². The van der Waals surface area contributed by atoms with E-state index < -0.39 is 0 Å². The molecule has 2 N–H and O–H groups in total. The fourth-order valence-corrected chi connectivity index (χ4v) is 0.519. The molecule has 10 heavy (non-hydrogen) atoms. The summed E-state index contributed by atoms with van der Waals surface area (Å²) in [6.07, 6.45) is 2.25. The first-order chi connectivity index (χ1) is 4.83. The molecule has 6 heteroatoms. The number of anilines is 1. The molecule has 1 aromatic rings. The highest BCUT2D eigenvalue weighted by Crippen LogP contribution is 1.99. The number of aromatic nitrogens is 3. The topological polar surface area (TPSA) is 70.9 Å². The molecule has 0 atom stereocenters. The maximum absolute atomic E-state index is 8.34. The molecule has 0 bridgehead atoms. The summed E-state index contributed by atoms with van der Waals surface area (Å²) in [5.41, 5.74) is 0. The summed E-state index contributed by atoms with van der Waals surface area (Å²) in [5.74, 6) is 0.211. The number of halogens is 1. The van der Waals surface area contributed by atoms with Gasteiger partial charge in [-0.3, -0.25) is 0 Å².